The summed E-state index contributed by atoms with van der Waals surface area (Å²) in [5.41, 5.74) is -0.607. The molecule has 0 aromatic carbocycles. The van der Waals surface area contributed by atoms with Crippen LogP contribution in [0.3, 0.4) is 0 Å². The largest absolute Gasteiger partial charge is 0.364 e. The highest BCUT2D eigenvalue weighted by atomic mass is 16.5. The van der Waals surface area contributed by atoms with Crippen LogP contribution in [0.4, 0.5) is 0 Å². The van der Waals surface area contributed by atoms with Crippen molar-refractivity contribution in [3.63, 3.8) is 0 Å². The molecule has 0 radical (unpaired) electrons. The third kappa shape index (κ3) is 8.90. The van der Waals surface area contributed by atoms with Gasteiger partial charge in [-0.3, -0.25) is 33.8 Å². The highest BCUT2D eigenvalue weighted by molar-refractivity contribution is 6.38. The Morgan fingerprint density at radius 3 is 2.16 bits per heavy atom. The maximum Gasteiger partial charge on any atom is 0.291 e. The Kier molecular flexibility index (Phi) is 12.5. The quantitative estimate of drug-likeness (QED) is 0.178. The number of nitrogens with one attached hydrogen (secondary N) is 4. The first kappa shape index (κ1) is 34.7. The molecule has 2 aliphatic carbocycles. The Bertz CT molecular complexity index is 1200. The van der Waals surface area contributed by atoms with Gasteiger partial charge < -0.3 is 26.0 Å². The van der Waals surface area contributed by atoms with Crippen molar-refractivity contribution in [1.29, 1.82) is 0 Å². The van der Waals surface area contributed by atoms with Crippen molar-refractivity contribution in [1.82, 2.24) is 31.2 Å². The molecule has 1 aromatic rings. The lowest BCUT2D eigenvalue weighted by molar-refractivity contribution is -0.145. The Morgan fingerprint density at radius 1 is 0.932 bits per heavy atom. The molecule has 2 fully saturated rings. The zero-order valence-electron chi connectivity index (χ0n) is 26.3. The van der Waals surface area contributed by atoms with Crippen LogP contribution in [0.2, 0.25) is 0 Å². The molecule has 1 aromatic heterocycles. The molecule has 3 rings (SSSR count). The fourth-order valence-corrected chi connectivity index (χ4v) is 5.83. The first-order valence-electron chi connectivity index (χ1n) is 15.4. The minimum Gasteiger partial charge on any atom is -0.364 e. The van der Waals surface area contributed by atoms with Crippen LogP contribution in [-0.4, -0.2) is 77.1 Å². The minimum atomic E-state index is -1.04. The predicted octanol–water partition coefficient (Wildman–Crippen LogP) is 1.47. The second-order valence-corrected chi connectivity index (χ2v) is 12.7. The van der Waals surface area contributed by atoms with Crippen LogP contribution in [0.1, 0.15) is 89.5 Å². The molecule has 1 heterocycles. The molecule has 4 amide bonds. The standard InChI is InChI=1S/C31H46N6O7/c1-6-21(25(39)30(43)34-17-44-5)35-27(40)20-13-12-19(20)24(38)26(31(2,3)4)37-29(42)23(18-10-8-7-9-11-18)36-28(41)22-16-32-14-15-33-22/h14-16,18-21,23,26H,6-13,17H2,1-5H3,(H,34,43)(H,35,40)(H,36,41)(H,37,42)/t19?,20?,21?,23-,26+/m0/s1. The third-order valence-corrected chi connectivity index (χ3v) is 8.54. The zero-order valence-corrected chi connectivity index (χ0v) is 26.3. The highest BCUT2D eigenvalue weighted by Crippen LogP contribution is 2.38. The SMILES string of the molecule is CCC(NC(=O)C1CCC1C(=O)[C@@H](NC(=O)[C@@H](NC(=O)c1cnccn1)C1CCCCC1)C(C)(C)C)C(=O)C(=O)NCOC. The first-order valence-corrected chi connectivity index (χ1v) is 15.4. The smallest absolute Gasteiger partial charge is 0.291 e. The number of amides is 4. The average molecular weight is 615 g/mol. The second-order valence-electron chi connectivity index (χ2n) is 12.7. The summed E-state index contributed by atoms with van der Waals surface area (Å²) < 4.78 is 4.76. The van der Waals surface area contributed by atoms with Crippen LogP contribution in [0.15, 0.2) is 18.6 Å². The van der Waals surface area contributed by atoms with E-state index in [9.17, 15) is 28.8 Å². The van der Waals surface area contributed by atoms with E-state index in [1.54, 1.807) is 6.92 Å². The summed E-state index contributed by atoms with van der Waals surface area (Å²) in [6.07, 6.45) is 9.72. The molecule has 4 N–H and O–H groups in total. The number of rotatable bonds is 14. The van der Waals surface area contributed by atoms with E-state index in [1.165, 1.54) is 25.7 Å². The van der Waals surface area contributed by atoms with Crippen molar-refractivity contribution in [2.24, 2.45) is 23.2 Å². The Balaban J connectivity index is 1.73. The van der Waals surface area contributed by atoms with E-state index in [4.69, 9.17) is 4.74 Å². The number of hydrogen-bond acceptors (Lipinski definition) is 9. The van der Waals surface area contributed by atoms with Gasteiger partial charge >= 0.3 is 0 Å². The number of nitrogens with zero attached hydrogens (tertiary/aromatic N) is 2. The Morgan fingerprint density at radius 2 is 1.61 bits per heavy atom. The van der Waals surface area contributed by atoms with Gasteiger partial charge in [0.1, 0.15) is 18.5 Å². The Hall–Kier alpha value is -3.74. The van der Waals surface area contributed by atoms with Gasteiger partial charge in [-0.25, -0.2) is 4.98 Å². The highest BCUT2D eigenvalue weighted by Gasteiger charge is 2.48. The lowest BCUT2D eigenvalue weighted by Gasteiger charge is -2.41. The van der Waals surface area contributed by atoms with Crippen LogP contribution < -0.4 is 21.3 Å². The number of carbonyl (C=O) groups is 6. The van der Waals surface area contributed by atoms with Gasteiger partial charge in [-0.2, -0.15) is 0 Å². The van der Waals surface area contributed by atoms with Gasteiger partial charge in [0, 0.05) is 31.3 Å². The minimum absolute atomic E-state index is 0.0907. The molecule has 0 spiro atoms. The summed E-state index contributed by atoms with van der Waals surface area (Å²) in [6.45, 7) is 7.04. The summed E-state index contributed by atoms with van der Waals surface area (Å²) in [7, 11) is 1.37. The molecule has 13 nitrogen and oxygen atoms in total. The van der Waals surface area contributed by atoms with E-state index in [-0.39, 0.29) is 30.5 Å². The van der Waals surface area contributed by atoms with Crippen molar-refractivity contribution in [2.45, 2.75) is 97.2 Å². The van der Waals surface area contributed by atoms with Crippen LogP contribution in [-0.2, 0) is 28.7 Å². The summed E-state index contributed by atoms with van der Waals surface area (Å²) >= 11 is 0. The second kappa shape index (κ2) is 15.8. The monoisotopic (exact) mass is 614 g/mol. The van der Waals surface area contributed by atoms with Crippen molar-refractivity contribution in [3.8, 4) is 0 Å². The summed E-state index contributed by atoms with van der Waals surface area (Å²) in [5.74, 6) is -4.87. The molecule has 44 heavy (non-hydrogen) atoms. The van der Waals surface area contributed by atoms with Gasteiger partial charge in [0.15, 0.2) is 5.78 Å². The summed E-state index contributed by atoms with van der Waals surface area (Å²) in [6, 6.07) is -2.84. The van der Waals surface area contributed by atoms with Crippen molar-refractivity contribution < 1.29 is 33.5 Å². The van der Waals surface area contributed by atoms with Gasteiger partial charge in [0.05, 0.1) is 18.3 Å². The van der Waals surface area contributed by atoms with Gasteiger partial charge in [-0.15, -0.1) is 0 Å². The number of aromatic nitrogens is 2. The third-order valence-electron chi connectivity index (χ3n) is 8.54. The van der Waals surface area contributed by atoms with E-state index in [2.05, 4.69) is 31.2 Å². The maximum atomic E-state index is 13.9. The topological polar surface area (TPSA) is 186 Å². The number of Topliss-reactive ketones (excluding diaryl/α,β-unsaturated/α-hetero) is 2. The van der Waals surface area contributed by atoms with Crippen molar-refractivity contribution in [3.05, 3.63) is 24.3 Å². The van der Waals surface area contributed by atoms with E-state index in [0.29, 0.717) is 12.8 Å². The first-order chi connectivity index (χ1) is 20.9. The van der Waals surface area contributed by atoms with Crippen molar-refractivity contribution >= 4 is 35.2 Å². The Labute approximate surface area is 258 Å². The fraction of sp³-hybridized carbons (Fsp3) is 0.677. The zero-order chi connectivity index (χ0) is 32.4. The molecular formula is C31H46N6O7. The molecule has 5 atom stereocenters. The average Bonchev–Trinajstić information content (AvgIpc) is 2.99. The maximum absolute atomic E-state index is 13.9. The molecule has 3 unspecified atom stereocenters. The molecule has 2 aliphatic rings. The predicted molar refractivity (Wildman–Crippen MR) is 160 cm³/mol. The van der Waals surface area contributed by atoms with E-state index in [0.717, 1.165) is 32.1 Å². The van der Waals surface area contributed by atoms with Gasteiger partial charge in [0.25, 0.3) is 11.8 Å². The summed E-state index contributed by atoms with van der Waals surface area (Å²) in [4.78, 5) is 86.6. The summed E-state index contributed by atoms with van der Waals surface area (Å²) in [5, 5.41) is 10.7. The molecule has 0 saturated heterocycles. The number of hydrogen-bond donors (Lipinski definition) is 4. The lowest BCUT2D eigenvalue weighted by Crippen LogP contribution is -2.60. The van der Waals surface area contributed by atoms with Gasteiger partial charge in [-0.1, -0.05) is 47.0 Å². The van der Waals surface area contributed by atoms with E-state index in [1.807, 2.05) is 20.8 Å². The van der Waals surface area contributed by atoms with Crippen LogP contribution in [0.5, 0.6) is 0 Å². The van der Waals surface area contributed by atoms with Gasteiger partial charge in [-0.05, 0) is 43.4 Å². The molecule has 13 heteroatoms. The molecule has 0 bridgehead atoms. The molecule has 242 valence electrons. The number of ketones is 2. The lowest BCUT2D eigenvalue weighted by atomic mass is 9.66. The van der Waals surface area contributed by atoms with E-state index >= 15 is 0 Å². The van der Waals surface area contributed by atoms with Gasteiger partial charge in [0.2, 0.25) is 17.6 Å². The number of carbonyl (C=O) groups excluding carboxylic acids is 6. The normalized spacial score (nSPS) is 20.7. The molecule has 0 aliphatic heterocycles. The van der Waals surface area contributed by atoms with E-state index < -0.39 is 64.8 Å². The number of methoxy groups -OCH3 is 1. The van der Waals surface area contributed by atoms with Crippen LogP contribution in [0.25, 0.3) is 0 Å². The van der Waals surface area contributed by atoms with Crippen LogP contribution in [0, 0.1) is 23.2 Å². The molecule has 2 saturated carbocycles. The fourth-order valence-electron chi connectivity index (χ4n) is 5.83. The number of ether oxygens (including phenoxy) is 1. The van der Waals surface area contributed by atoms with Crippen LogP contribution >= 0.6 is 0 Å². The van der Waals surface area contributed by atoms with Crippen molar-refractivity contribution in [2.75, 3.05) is 13.8 Å². The molecular weight excluding hydrogens is 568 g/mol.